The van der Waals surface area contributed by atoms with E-state index in [0.717, 1.165) is 6.07 Å². The number of alkyl halides is 2. The number of aromatic nitrogens is 2. The van der Waals surface area contributed by atoms with Gasteiger partial charge in [-0.05, 0) is 55.4 Å². The zero-order chi connectivity index (χ0) is 24.3. The molecule has 5 nitrogen and oxygen atoms in total. The molecule has 0 aliphatic heterocycles. The number of aromatic amines is 1. The van der Waals surface area contributed by atoms with Crippen molar-refractivity contribution < 1.29 is 22.4 Å². The molecule has 0 bridgehead atoms. The fourth-order valence-corrected chi connectivity index (χ4v) is 4.37. The average Bonchev–Trinajstić information content (AvgIpc) is 2.78. The van der Waals surface area contributed by atoms with Crippen molar-refractivity contribution >= 4 is 16.8 Å². The van der Waals surface area contributed by atoms with E-state index >= 15 is 0 Å². The molecule has 1 fully saturated rings. The maximum Gasteiger partial charge on any atom is 0.268 e. The van der Waals surface area contributed by atoms with Gasteiger partial charge in [-0.1, -0.05) is 13.0 Å². The number of nitrogens with two attached hydrogens (primary N) is 1. The number of benzene rings is 1. The van der Waals surface area contributed by atoms with Gasteiger partial charge in [-0.3, -0.25) is 14.6 Å². The number of fused-ring (bicyclic) bond motifs is 1. The zero-order valence-electron chi connectivity index (χ0n) is 18.3. The van der Waals surface area contributed by atoms with E-state index in [1.54, 1.807) is 13.0 Å². The van der Waals surface area contributed by atoms with Crippen molar-refractivity contribution in [3.63, 3.8) is 0 Å². The molecule has 2 atom stereocenters. The Kier molecular flexibility index (Phi) is 7.19. The van der Waals surface area contributed by atoms with Crippen LogP contribution in [-0.2, 0) is 0 Å². The molecule has 1 aliphatic rings. The van der Waals surface area contributed by atoms with Gasteiger partial charge in [-0.25, -0.2) is 17.6 Å². The van der Waals surface area contributed by atoms with Crippen LogP contribution in [0.2, 0.25) is 0 Å². The number of primary amides is 1. The van der Waals surface area contributed by atoms with Crippen molar-refractivity contribution in [2.45, 2.75) is 51.4 Å². The fraction of sp³-hybridized carbons (Fsp3) is 0.375. The summed E-state index contributed by atoms with van der Waals surface area (Å²) < 4.78 is 54.0. The lowest BCUT2D eigenvalue weighted by Crippen LogP contribution is -2.34. The number of carbonyl (C=O) groups excluding carboxylic acids is 1. The minimum absolute atomic E-state index is 0.00403. The molecule has 33 heavy (non-hydrogen) atoms. The second-order valence-electron chi connectivity index (χ2n) is 8.20. The van der Waals surface area contributed by atoms with Crippen molar-refractivity contribution in [1.82, 2.24) is 9.97 Å². The van der Waals surface area contributed by atoms with E-state index in [1.165, 1.54) is 31.5 Å². The molecule has 3 aromatic rings. The van der Waals surface area contributed by atoms with Gasteiger partial charge in [0.05, 0.1) is 10.9 Å². The maximum absolute atomic E-state index is 13.7. The normalized spacial score (nSPS) is 19.6. The zero-order valence-corrected chi connectivity index (χ0v) is 18.3. The van der Waals surface area contributed by atoms with Crippen molar-refractivity contribution in [2.24, 2.45) is 11.7 Å². The number of carbonyl (C=O) groups is 1. The number of nitrogens with one attached hydrogen (secondary N) is 1. The van der Waals surface area contributed by atoms with E-state index in [-0.39, 0.29) is 34.4 Å². The second-order valence-corrected chi connectivity index (χ2v) is 8.20. The summed E-state index contributed by atoms with van der Waals surface area (Å²) in [7, 11) is 0. The van der Waals surface area contributed by atoms with Gasteiger partial charge in [0.25, 0.3) is 11.8 Å². The molecule has 4 rings (SSSR count). The Morgan fingerprint density at radius 3 is 2.64 bits per heavy atom. The Bertz CT molecular complexity index is 1220. The highest BCUT2D eigenvalue weighted by molar-refractivity contribution is 6.03. The quantitative estimate of drug-likeness (QED) is 0.522. The van der Waals surface area contributed by atoms with Crippen LogP contribution >= 0.6 is 0 Å². The molecule has 1 aliphatic carbocycles. The average molecular weight is 463 g/mol. The van der Waals surface area contributed by atoms with Crippen molar-refractivity contribution in [2.75, 3.05) is 0 Å². The number of H-pyrrole nitrogens is 1. The maximum atomic E-state index is 13.7. The highest BCUT2D eigenvalue weighted by atomic mass is 19.3. The summed E-state index contributed by atoms with van der Waals surface area (Å²) in [6.45, 7) is 3.26. The molecule has 1 aromatic carbocycles. The lowest BCUT2D eigenvalue weighted by Gasteiger charge is -2.36. The smallest absolute Gasteiger partial charge is 0.268 e. The first-order valence-corrected chi connectivity index (χ1v) is 10.6. The fourth-order valence-electron chi connectivity index (χ4n) is 4.37. The lowest BCUT2D eigenvalue weighted by molar-refractivity contribution is -0.0911. The molecule has 9 heteroatoms. The molecule has 176 valence electrons. The third-order valence-corrected chi connectivity index (χ3v) is 6.21. The van der Waals surface area contributed by atoms with E-state index in [4.69, 9.17) is 5.73 Å². The number of rotatable bonds is 3. The Morgan fingerprint density at radius 2 is 1.97 bits per heavy atom. The molecule has 0 unspecified atom stereocenters. The van der Waals surface area contributed by atoms with Crippen LogP contribution in [0.1, 0.15) is 60.1 Å². The minimum Gasteiger partial charge on any atom is -0.364 e. The summed E-state index contributed by atoms with van der Waals surface area (Å²) >= 11 is 0. The van der Waals surface area contributed by atoms with E-state index in [1.807, 2.05) is 0 Å². The first kappa shape index (κ1) is 24.4. The highest BCUT2D eigenvalue weighted by Gasteiger charge is 2.44. The number of halogens is 4. The Morgan fingerprint density at radius 1 is 1.24 bits per heavy atom. The topological polar surface area (TPSA) is 88.8 Å². The van der Waals surface area contributed by atoms with E-state index in [9.17, 15) is 27.2 Å². The van der Waals surface area contributed by atoms with Crippen LogP contribution < -0.4 is 11.2 Å². The number of hydrogen-bond acceptors (Lipinski definition) is 3. The predicted octanol–water partition coefficient (Wildman–Crippen LogP) is 5.22. The monoisotopic (exact) mass is 463 g/mol. The van der Waals surface area contributed by atoms with Gasteiger partial charge >= 0.3 is 0 Å². The van der Waals surface area contributed by atoms with Crippen molar-refractivity contribution in [3.05, 3.63) is 75.3 Å². The van der Waals surface area contributed by atoms with Crippen molar-refractivity contribution in [3.8, 4) is 0 Å². The molecule has 2 aromatic heterocycles. The van der Waals surface area contributed by atoms with Crippen LogP contribution in [0.25, 0.3) is 10.9 Å². The second kappa shape index (κ2) is 9.72. The van der Waals surface area contributed by atoms with Gasteiger partial charge in [-0.2, -0.15) is 0 Å². The standard InChI is InChI=1S/C15H18F4.C9H7N3O2/c1-3-11-8-10(6-7-15(11,18)19)12-4-5-13(16)14(17)9(12)2;10-9(14)8-7-5(1-3-12-8)11-4-2-6(7)13/h4-5,10-11H,3,6-8H2,1-2H3;1-4H,(H2,10,14)(H,11,13)/t10-,11-;/m1./s1. The Hall–Kier alpha value is -3.23. The van der Waals surface area contributed by atoms with Crippen LogP contribution in [0.15, 0.2) is 41.5 Å². The highest BCUT2D eigenvalue weighted by Crippen LogP contribution is 2.47. The summed E-state index contributed by atoms with van der Waals surface area (Å²) in [5.74, 6) is -5.83. The molecule has 0 radical (unpaired) electrons. The summed E-state index contributed by atoms with van der Waals surface area (Å²) in [6.07, 6.45) is 3.85. The van der Waals surface area contributed by atoms with Gasteiger partial charge in [0.2, 0.25) is 0 Å². The lowest BCUT2D eigenvalue weighted by atomic mass is 9.74. The van der Waals surface area contributed by atoms with E-state index < -0.39 is 29.4 Å². The summed E-state index contributed by atoms with van der Waals surface area (Å²) in [6, 6.07) is 5.57. The van der Waals surface area contributed by atoms with Crippen LogP contribution in [-0.4, -0.2) is 21.8 Å². The predicted molar refractivity (Wildman–Crippen MR) is 117 cm³/mol. The first-order valence-electron chi connectivity index (χ1n) is 10.6. The van der Waals surface area contributed by atoms with Crippen LogP contribution in [0, 0.1) is 24.5 Å². The number of pyridine rings is 2. The molecule has 1 amide bonds. The third kappa shape index (κ3) is 5.07. The Balaban J connectivity index is 0.000000194. The molecule has 1 saturated carbocycles. The summed E-state index contributed by atoms with van der Waals surface area (Å²) in [4.78, 5) is 29.0. The largest absolute Gasteiger partial charge is 0.364 e. The van der Waals surface area contributed by atoms with E-state index in [2.05, 4.69) is 9.97 Å². The third-order valence-electron chi connectivity index (χ3n) is 6.21. The molecule has 2 heterocycles. The Labute approximate surface area is 188 Å². The molecule has 0 spiro atoms. The van der Waals surface area contributed by atoms with E-state index in [0.29, 0.717) is 30.3 Å². The van der Waals surface area contributed by atoms with Crippen molar-refractivity contribution in [1.29, 1.82) is 0 Å². The molecule has 0 saturated heterocycles. The van der Waals surface area contributed by atoms with Gasteiger partial charge in [0, 0.05) is 30.8 Å². The molecular weight excluding hydrogens is 438 g/mol. The number of amides is 1. The number of nitrogens with zero attached hydrogens (tertiary/aromatic N) is 1. The SMILES string of the molecule is CC[C@@H]1C[C@H](c2ccc(F)c(F)c2C)CCC1(F)F.NC(=O)c1nccc2[nH]ccc(=O)c12. The molecular formula is C24H25F4N3O2. The van der Waals surface area contributed by atoms with Crippen LogP contribution in [0.4, 0.5) is 17.6 Å². The van der Waals surface area contributed by atoms with Gasteiger partial charge < -0.3 is 10.7 Å². The van der Waals surface area contributed by atoms with Crippen LogP contribution in [0.5, 0.6) is 0 Å². The molecule has 3 N–H and O–H groups in total. The van der Waals surface area contributed by atoms with Gasteiger partial charge in [0.15, 0.2) is 17.1 Å². The van der Waals surface area contributed by atoms with Gasteiger partial charge in [-0.15, -0.1) is 0 Å². The number of hydrogen-bond donors (Lipinski definition) is 2. The summed E-state index contributed by atoms with van der Waals surface area (Å²) in [5, 5.41) is 0.238. The van der Waals surface area contributed by atoms with Crippen LogP contribution in [0.3, 0.4) is 0 Å². The summed E-state index contributed by atoms with van der Waals surface area (Å²) in [5.41, 5.74) is 6.32. The van der Waals surface area contributed by atoms with Gasteiger partial charge in [0.1, 0.15) is 5.69 Å². The first-order chi connectivity index (χ1) is 15.6. The minimum atomic E-state index is -2.63.